The van der Waals surface area contributed by atoms with Crippen molar-refractivity contribution in [1.82, 2.24) is 15.5 Å². The summed E-state index contributed by atoms with van der Waals surface area (Å²) in [7, 11) is 0. The number of aromatic nitrogens is 2. The lowest BCUT2D eigenvalue weighted by Crippen LogP contribution is -2.24. The van der Waals surface area contributed by atoms with Gasteiger partial charge in [-0.2, -0.15) is 5.10 Å². The maximum Gasteiger partial charge on any atom is 0.256 e. The second-order valence-electron chi connectivity index (χ2n) is 4.87. The minimum absolute atomic E-state index is 0.169. The zero-order valence-electron chi connectivity index (χ0n) is 11.9. The van der Waals surface area contributed by atoms with Crippen molar-refractivity contribution in [2.45, 2.75) is 19.9 Å². The van der Waals surface area contributed by atoms with E-state index >= 15 is 0 Å². The van der Waals surface area contributed by atoms with Gasteiger partial charge in [0.2, 0.25) is 0 Å². The van der Waals surface area contributed by atoms with Crippen LogP contribution >= 0.6 is 0 Å². The monoisotopic (exact) mass is 286 g/mol. The van der Waals surface area contributed by atoms with Crippen LogP contribution in [0.4, 0.5) is 5.82 Å². The Morgan fingerprint density at radius 3 is 2.95 bits per heavy atom. The van der Waals surface area contributed by atoms with Crippen LogP contribution in [0.2, 0.25) is 0 Å². The molecule has 6 nitrogen and oxygen atoms in total. The van der Waals surface area contributed by atoms with Crippen molar-refractivity contribution in [1.29, 1.82) is 0 Å². The van der Waals surface area contributed by atoms with E-state index in [1.54, 1.807) is 24.3 Å². The summed E-state index contributed by atoms with van der Waals surface area (Å²) in [5, 5.41) is 13.3. The smallest absolute Gasteiger partial charge is 0.256 e. The van der Waals surface area contributed by atoms with Crippen molar-refractivity contribution in [3.63, 3.8) is 0 Å². The Labute approximate surface area is 122 Å². The molecule has 0 spiro atoms. The van der Waals surface area contributed by atoms with Gasteiger partial charge in [-0.15, -0.1) is 0 Å². The van der Waals surface area contributed by atoms with Crippen LogP contribution in [0.3, 0.4) is 0 Å². The van der Waals surface area contributed by atoms with Gasteiger partial charge in [-0.25, -0.2) is 0 Å². The largest absolute Gasteiger partial charge is 0.494 e. The van der Waals surface area contributed by atoms with Crippen LogP contribution in [-0.2, 0) is 13.0 Å². The second kappa shape index (κ2) is 5.97. The number of nitrogens with one attached hydrogen (secondary N) is 3. The molecule has 0 atom stereocenters. The van der Waals surface area contributed by atoms with Gasteiger partial charge in [-0.1, -0.05) is 0 Å². The first kappa shape index (κ1) is 13.6. The van der Waals surface area contributed by atoms with Crippen LogP contribution in [0, 0.1) is 0 Å². The van der Waals surface area contributed by atoms with Gasteiger partial charge in [-0.3, -0.25) is 9.89 Å². The fourth-order valence-electron chi connectivity index (χ4n) is 2.38. The number of hydrogen-bond acceptors (Lipinski definition) is 4. The van der Waals surface area contributed by atoms with Crippen molar-refractivity contribution >= 4 is 11.7 Å². The van der Waals surface area contributed by atoms with Crippen molar-refractivity contribution in [3.8, 4) is 5.75 Å². The van der Waals surface area contributed by atoms with Crippen LogP contribution in [0.5, 0.6) is 5.75 Å². The average molecular weight is 286 g/mol. The predicted molar refractivity (Wildman–Crippen MR) is 79.6 cm³/mol. The number of rotatable bonds is 4. The van der Waals surface area contributed by atoms with E-state index in [1.165, 1.54) is 0 Å². The molecule has 1 aliphatic heterocycles. The molecule has 2 aromatic rings. The quantitative estimate of drug-likeness (QED) is 0.799. The topological polar surface area (TPSA) is 79.0 Å². The van der Waals surface area contributed by atoms with Gasteiger partial charge >= 0.3 is 0 Å². The van der Waals surface area contributed by atoms with Crippen LogP contribution in [-0.4, -0.2) is 29.3 Å². The minimum atomic E-state index is -0.169. The SMILES string of the molecule is CCOc1ccc(C(=O)Nc2n[nH]c3c2CNCC3)cc1. The van der Waals surface area contributed by atoms with Crippen molar-refractivity contribution in [2.24, 2.45) is 0 Å². The van der Waals surface area contributed by atoms with E-state index in [4.69, 9.17) is 4.74 Å². The van der Waals surface area contributed by atoms with Gasteiger partial charge in [-0.05, 0) is 31.2 Å². The molecule has 21 heavy (non-hydrogen) atoms. The molecular weight excluding hydrogens is 268 g/mol. The van der Waals surface area contributed by atoms with Crippen LogP contribution in [0.15, 0.2) is 24.3 Å². The lowest BCUT2D eigenvalue weighted by molar-refractivity contribution is 0.102. The van der Waals surface area contributed by atoms with E-state index in [9.17, 15) is 4.79 Å². The van der Waals surface area contributed by atoms with E-state index in [2.05, 4.69) is 20.8 Å². The van der Waals surface area contributed by atoms with Gasteiger partial charge < -0.3 is 15.4 Å². The number of nitrogens with zero attached hydrogens (tertiary/aromatic N) is 1. The summed E-state index contributed by atoms with van der Waals surface area (Å²) in [6.07, 6.45) is 0.904. The van der Waals surface area contributed by atoms with Crippen LogP contribution in [0.25, 0.3) is 0 Å². The van der Waals surface area contributed by atoms with E-state index in [-0.39, 0.29) is 5.91 Å². The summed E-state index contributed by atoms with van der Waals surface area (Å²) in [5.41, 5.74) is 2.72. The lowest BCUT2D eigenvalue weighted by atomic mass is 10.1. The number of aromatic amines is 1. The van der Waals surface area contributed by atoms with E-state index < -0.39 is 0 Å². The molecule has 0 bridgehead atoms. The Bertz CT molecular complexity index is 634. The molecule has 1 aromatic heterocycles. The number of benzene rings is 1. The molecule has 0 radical (unpaired) electrons. The Hall–Kier alpha value is -2.34. The summed E-state index contributed by atoms with van der Waals surface area (Å²) >= 11 is 0. The standard InChI is InChI=1S/C15H18N4O2/c1-2-21-11-5-3-10(4-6-11)15(20)17-14-12-9-16-8-7-13(12)18-19-14/h3-6,16H,2,7-9H2,1H3,(H2,17,18,19,20). The minimum Gasteiger partial charge on any atom is -0.494 e. The normalized spacial score (nSPS) is 13.6. The Morgan fingerprint density at radius 1 is 1.38 bits per heavy atom. The number of anilines is 1. The van der Waals surface area contributed by atoms with E-state index in [1.807, 2.05) is 6.92 Å². The Kier molecular flexibility index (Phi) is 3.87. The molecule has 0 aliphatic carbocycles. The van der Waals surface area contributed by atoms with Crippen molar-refractivity contribution in [2.75, 3.05) is 18.5 Å². The number of amides is 1. The summed E-state index contributed by atoms with van der Waals surface area (Å²) in [4.78, 5) is 12.2. The molecule has 110 valence electrons. The third-order valence-corrected chi connectivity index (χ3v) is 3.47. The van der Waals surface area contributed by atoms with Gasteiger partial charge in [0.05, 0.1) is 6.61 Å². The van der Waals surface area contributed by atoms with Gasteiger partial charge in [0.1, 0.15) is 5.75 Å². The fourth-order valence-corrected chi connectivity index (χ4v) is 2.38. The summed E-state index contributed by atoms with van der Waals surface area (Å²) in [6.45, 7) is 4.19. The molecular formula is C15H18N4O2. The maximum atomic E-state index is 12.2. The number of ether oxygens (including phenoxy) is 1. The highest BCUT2D eigenvalue weighted by Gasteiger charge is 2.18. The number of carbonyl (C=O) groups excluding carboxylic acids is 1. The molecule has 1 aliphatic rings. The Balaban J connectivity index is 1.72. The summed E-state index contributed by atoms with van der Waals surface area (Å²) < 4.78 is 5.36. The van der Waals surface area contributed by atoms with E-state index in [0.717, 1.165) is 36.5 Å². The first-order chi connectivity index (χ1) is 10.3. The molecule has 0 saturated carbocycles. The van der Waals surface area contributed by atoms with Crippen LogP contribution < -0.4 is 15.4 Å². The van der Waals surface area contributed by atoms with Gasteiger partial charge in [0.15, 0.2) is 5.82 Å². The number of carbonyl (C=O) groups is 1. The second-order valence-corrected chi connectivity index (χ2v) is 4.87. The Morgan fingerprint density at radius 2 is 2.19 bits per heavy atom. The molecule has 0 saturated heterocycles. The highest BCUT2D eigenvalue weighted by atomic mass is 16.5. The lowest BCUT2D eigenvalue weighted by Gasteiger charge is -2.13. The highest BCUT2D eigenvalue weighted by Crippen LogP contribution is 2.20. The first-order valence-electron chi connectivity index (χ1n) is 7.09. The van der Waals surface area contributed by atoms with Gasteiger partial charge in [0.25, 0.3) is 5.91 Å². The molecule has 3 N–H and O–H groups in total. The zero-order chi connectivity index (χ0) is 14.7. The third kappa shape index (κ3) is 2.90. The molecule has 0 fully saturated rings. The number of hydrogen-bond donors (Lipinski definition) is 3. The molecule has 1 amide bonds. The highest BCUT2D eigenvalue weighted by molar-refractivity contribution is 6.04. The molecule has 0 unspecified atom stereocenters. The number of fused-ring (bicyclic) bond motifs is 1. The predicted octanol–water partition coefficient (Wildman–Crippen LogP) is 1.71. The van der Waals surface area contributed by atoms with Crippen molar-refractivity contribution < 1.29 is 9.53 Å². The number of H-pyrrole nitrogens is 1. The molecule has 6 heteroatoms. The first-order valence-corrected chi connectivity index (χ1v) is 7.09. The fraction of sp³-hybridized carbons (Fsp3) is 0.333. The van der Waals surface area contributed by atoms with Crippen LogP contribution in [0.1, 0.15) is 28.5 Å². The average Bonchev–Trinajstić information content (AvgIpc) is 2.92. The van der Waals surface area contributed by atoms with E-state index in [0.29, 0.717) is 18.0 Å². The zero-order valence-corrected chi connectivity index (χ0v) is 11.9. The summed E-state index contributed by atoms with van der Waals surface area (Å²) in [5.74, 6) is 1.20. The molecule has 1 aromatic carbocycles. The van der Waals surface area contributed by atoms with Crippen molar-refractivity contribution in [3.05, 3.63) is 41.1 Å². The summed E-state index contributed by atoms with van der Waals surface area (Å²) in [6, 6.07) is 7.08. The van der Waals surface area contributed by atoms with Gasteiger partial charge in [0, 0.05) is 36.3 Å². The molecule has 3 rings (SSSR count). The molecule has 2 heterocycles. The third-order valence-electron chi connectivity index (χ3n) is 3.47. The maximum absolute atomic E-state index is 12.2.